The van der Waals surface area contributed by atoms with Crippen molar-refractivity contribution >= 4 is 17.7 Å². The first-order chi connectivity index (χ1) is 13.5. The fourth-order valence-corrected chi connectivity index (χ4v) is 4.67. The molecule has 28 heavy (non-hydrogen) atoms. The maximum absolute atomic E-state index is 13.2. The van der Waals surface area contributed by atoms with Crippen LogP contribution in [0.5, 0.6) is 0 Å². The Kier molecular flexibility index (Phi) is 8.48. The fourth-order valence-electron chi connectivity index (χ4n) is 4.67. The molecule has 0 unspecified atom stereocenters. The van der Waals surface area contributed by atoms with Gasteiger partial charge in [-0.3, -0.25) is 14.4 Å². The molecule has 0 bridgehead atoms. The van der Waals surface area contributed by atoms with Crippen LogP contribution in [0.1, 0.15) is 46.0 Å². The van der Waals surface area contributed by atoms with Crippen LogP contribution in [0.3, 0.4) is 0 Å². The molecule has 3 amide bonds. The summed E-state index contributed by atoms with van der Waals surface area (Å²) in [6, 6.07) is -0.669. The highest BCUT2D eigenvalue weighted by Gasteiger charge is 2.56. The lowest BCUT2D eigenvalue weighted by atomic mass is 9.68. The van der Waals surface area contributed by atoms with E-state index in [2.05, 4.69) is 24.5 Å². The summed E-state index contributed by atoms with van der Waals surface area (Å²) in [4.78, 5) is 40.3. The number of amides is 3. The number of unbranched alkanes of at least 4 members (excludes halogenated alkanes) is 2. The molecule has 1 aliphatic carbocycles. The molecular formula is C21H35N3O4. The van der Waals surface area contributed by atoms with E-state index in [9.17, 15) is 19.5 Å². The molecule has 3 N–H and O–H groups in total. The smallest absolute Gasteiger partial charge is 0.243 e. The van der Waals surface area contributed by atoms with Crippen LogP contribution in [-0.4, -0.2) is 60.5 Å². The number of β-amino-alcohol motifs (C(OH)–C–C–N with tert-alkyl or cyclic N) is 1. The van der Waals surface area contributed by atoms with E-state index in [1.807, 2.05) is 12.2 Å². The highest BCUT2D eigenvalue weighted by molar-refractivity contribution is 5.96. The summed E-state index contributed by atoms with van der Waals surface area (Å²) in [6.45, 7) is 4.62. The van der Waals surface area contributed by atoms with Gasteiger partial charge in [0.15, 0.2) is 0 Å². The van der Waals surface area contributed by atoms with Crippen molar-refractivity contribution in [3.63, 3.8) is 0 Å². The summed E-state index contributed by atoms with van der Waals surface area (Å²) in [5.41, 5.74) is 0. The number of likely N-dealkylation sites (tertiary alicyclic amines) is 1. The molecule has 7 nitrogen and oxygen atoms in total. The third-order valence-corrected chi connectivity index (χ3v) is 5.97. The van der Waals surface area contributed by atoms with Gasteiger partial charge in [-0.2, -0.15) is 0 Å². The van der Waals surface area contributed by atoms with Crippen LogP contribution in [0, 0.1) is 23.7 Å². The number of nitrogens with one attached hydrogen (secondary N) is 2. The van der Waals surface area contributed by atoms with Crippen molar-refractivity contribution in [2.24, 2.45) is 23.7 Å². The van der Waals surface area contributed by atoms with Gasteiger partial charge in [0, 0.05) is 26.1 Å². The molecule has 0 aromatic carbocycles. The van der Waals surface area contributed by atoms with Gasteiger partial charge >= 0.3 is 0 Å². The Morgan fingerprint density at radius 3 is 2.50 bits per heavy atom. The fraction of sp³-hybridized carbons (Fsp3) is 0.762. The number of hydrogen-bond donors (Lipinski definition) is 3. The summed E-state index contributed by atoms with van der Waals surface area (Å²) in [7, 11) is 1.58. The second-order valence-corrected chi connectivity index (χ2v) is 7.78. The maximum atomic E-state index is 13.2. The lowest BCUT2D eigenvalue weighted by Gasteiger charge is -2.34. The molecular weight excluding hydrogens is 358 g/mol. The minimum atomic E-state index is -0.669. The van der Waals surface area contributed by atoms with Gasteiger partial charge in [0.2, 0.25) is 17.7 Å². The number of carbonyl (C=O) groups excluding carboxylic acids is 3. The zero-order valence-electron chi connectivity index (χ0n) is 17.3. The van der Waals surface area contributed by atoms with Crippen molar-refractivity contribution < 1.29 is 19.5 Å². The Hall–Kier alpha value is -1.89. The Morgan fingerprint density at radius 1 is 1.14 bits per heavy atom. The molecule has 0 spiro atoms. The Labute approximate surface area is 167 Å². The normalized spacial score (nSPS) is 28.9. The quantitative estimate of drug-likeness (QED) is 0.382. The molecule has 0 aromatic rings. The number of fused-ring (bicyclic) bond motifs is 1. The van der Waals surface area contributed by atoms with Crippen molar-refractivity contribution in [1.29, 1.82) is 0 Å². The molecule has 1 fully saturated rings. The van der Waals surface area contributed by atoms with Crippen LogP contribution in [-0.2, 0) is 14.4 Å². The Balaban J connectivity index is 2.30. The van der Waals surface area contributed by atoms with Crippen LogP contribution in [0.25, 0.3) is 0 Å². The van der Waals surface area contributed by atoms with E-state index in [1.54, 1.807) is 7.05 Å². The number of nitrogens with zero attached hydrogens (tertiary/aromatic N) is 1. The van der Waals surface area contributed by atoms with Crippen LogP contribution in [0.2, 0.25) is 0 Å². The molecule has 0 aromatic heterocycles. The van der Waals surface area contributed by atoms with Gasteiger partial charge in [-0.05, 0) is 18.8 Å². The first-order valence-corrected chi connectivity index (χ1v) is 10.6. The van der Waals surface area contributed by atoms with E-state index in [1.165, 1.54) is 4.90 Å². The lowest BCUT2D eigenvalue weighted by Crippen LogP contribution is -2.48. The molecule has 5 atom stereocenters. The summed E-state index contributed by atoms with van der Waals surface area (Å²) in [5, 5.41) is 15.1. The number of rotatable bonds is 10. The maximum Gasteiger partial charge on any atom is 0.243 e. The van der Waals surface area contributed by atoms with Crippen molar-refractivity contribution in [1.82, 2.24) is 15.5 Å². The predicted molar refractivity (Wildman–Crippen MR) is 107 cm³/mol. The first-order valence-electron chi connectivity index (χ1n) is 10.6. The molecule has 1 heterocycles. The first kappa shape index (κ1) is 22.4. The summed E-state index contributed by atoms with van der Waals surface area (Å²) < 4.78 is 0. The van der Waals surface area contributed by atoms with Crippen molar-refractivity contribution in [3.8, 4) is 0 Å². The standard InChI is InChI=1S/C21H35N3O4/c1-4-6-7-11-23-20(27)18-15-10-9-14(8-5-2)16(19(26)22-3)17(15)21(28)24(18)12-13-25/h9-10,14-18,25H,4-8,11-13H2,1-3H3,(H,22,26)(H,23,27)/t14-,15+,16-,17-,18+/m1/s1. The third kappa shape index (κ3) is 4.57. The second-order valence-electron chi connectivity index (χ2n) is 7.78. The number of hydrogen-bond acceptors (Lipinski definition) is 4. The molecule has 2 aliphatic rings. The van der Waals surface area contributed by atoms with E-state index in [-0.39, 0.29) is 42.7 Å². The van der Waals surface area contributed by atoms with Crippen molar-refractivity contribution in [2.75, 3.05) is 26.7 Å². The van der Waals surface area contributed by atoms with Gasteiger partial charge in [0.05, 0.1) is 18.4 Å². The second kappa shape index (κ2) is 10.6. The number of aliphatic hydroxyl groups is 1. The van der Waals surface area contributed by atoms with E-state index < -0.39 is 17.9 Å². The minimum absolute atomic E-state index is 0.0162. The zero-order valence-corrected chi connectivity index (χ0v) is 17.3. The molecule has 0 saturated carbocycles. The largest absolute Gasteiger partial charge is 0.395 e. The molecule has 1 aliphatic heterocycles. The number of aliphatic hydroxyl groups excluding tert-OH is 1. The van der Waals surface area contributed by atoms with E-state index in [0.717, 1.165) is 32.1 Å². The summed E-state index contributed by atoms with van der Waals surface area (Å²) in [5.74, 6) is -1.95. The van der Waals surface area contributed by atoms with Gasteiger partial charge in [0.25, 0.3) is 0 Å². The van der Waals surface area contributed by atoms with Gasteiger partial charge in [-0.15, -0.1) is 0 Å². The Bertz CT molecular complexity index is 592. The van der Waals surface area contributed by atoms with Crippen LogP contribution < -0.4 is 10.6 Å². The van der Waals surface area contributed by atoms with Crippen LogP contribution in [0.15, 0.2) is 12.2 Å². The van der Waals surface area contributed by atoms with Gasteiger partial charge in [-0.1, -0.05) is 45.3 Å². The molecule has 7 heteroatoms. The number of carbonyl (C=O) groups is 3. The summed E-state index contributed by atoms with van der Waals surface area (Å²) in [6.07, 6.45) is 8.69. The average Bonchev–Trinajstić information content (AvgIpc) is 2.97. The van der Waals surface area contributed by atoms with Gasteiger partial charge in [-0.25, -0.2) is 0 Å². The minimum Gasteiger partial charge on any atom is -0.395 e. The SMILES string of the molecule is CCCCCNC(=O)[C@@H]1[C@H]2C=C[C@@H](CCC)[C@@H](C(=O)NC)[C@@H]2C(=O)N1CCO. The highest BCUT2D eigenvalue weighted by Crippen LogP contribution is 2.45. The van der Waals surface area contributed by atoms with Crippen LogP contribution >= 0.6 is 0 Å². The topological polar surface area (TPSA) is 98.7 Å². The van der Waals surface area contributed by atoms with Gasteiger partial charge < -0.3 is 20.6 Å². The average molecular weight is 394 g/mol. The van der Waals surface area contributed by atoms with Crippen molar-refractivity contribution in [2.45, 2.75) is 52.0 Å². The number of allylic oxidation sites excluding steroid dienone is 1. The van der Waals surface area contributed by atoms with Gasteiger partial charge in [0.1, 0.15) is 6.04 Å². The predicted octanol–water partition coefficient (Wildman–Crippen LogP) is 1.08. The molecule has 0 radical (unpaired) electrons. The van der Waals surface area contributed by atoms with Crippen LogP contribution in [0.4, 0.5) is 0 Å². The van der Waals surface area contributed by atoms with Crippen molar-refractivity contribution in [3.05, 3.63) is 12.2 Å². The monoisotopic (exact) mass is 393 g/mol. The molecule has 158 valence electrons. The van der Waals surface area contributed by atoms with E-state index in [0.29, 0.717) is 6.54 Å². The van der Waals surface area contributed by atoms with E-state index >= 15 is 0 Å². The highest BCUT2D eigenvalue weighted by atomic mass is 16.3. The lowest BCUT2D eigenvalue weighted by molar-refractivity contribution is -0.141. The Morgan fingerprint density at radius 2 is 1.89 bits per heavy atom. The van der Waals surface area contributed by atoms with E-state index in [4.69, 9.17) is 0 Å². The third-order valence-electron chi connectivity index (χ3n) is 5.97. The zero-order chi connectivity index (χ0) is 20.7. The molecule has 1 saturated heterocycles. The summed E-state index contributed by atoms with van der Waals surface area (Å²) >= 11 is 0. The molecule has 2 rings (SSSR count).